The Morgan fingerprint density at radius 1 is 1.33 bits per heavy atom. The number of nitrogens with one attached hydrogen (secondary N) is 2. The van der Waals surface area contributed by atoms with Gasteiger partial charge in [-0.1, -0.05) is 15.9 Å². The summed E-state index contributed by atoms with van der Waals surface area (Å²) in [6.45, 7) is 4.92. The fourth-order valence-corrected chi connectivity index (χ4v) is 3.69. The van der Waals surface area contributed by atoms with Crippen LogP contribution in [0, 0.1) is 5.41 Å². The Kier molecular flexibility index (Phi) is 4.55. The number of halogens is 2. The molecule has 7 heteroatoms. The number of rotatable bonds is 2. The van der Waals surface area contributed by atoms with E-state index in [9.17, 15) is 9.59 Å². The predicted molar refractivity (Wildman–Crippen MR) is 98.3 cm³/mol. The van der Waals surface area contributed by atoms with E-state index in [1.54, 1.807) is 0 Å². The van der Waals surface area contributed by atoms with E-state index in [-0.39, 0.29) is 11.8 Å². The summed E-state index contributed by atoms with van der Waals surface area (Å²) in [4.78, 5) is 26.9. The lowest BCUT2D eigenvalue weighted by atomic mass is 9.89. The van der Waals surface area contributed by atoms with Gasteiger partial charge in [-0.15, -0.1) is 11.6 Å². The van der Waals surface area contributed by atoms with Crippen LogP contribution in [-0.4, -0.2) is 41.3 Å². The van der Waals surface area contributed by atoms with E-state index >= 15 is 0 Å². The van der Waals surface area contributed by atoms with Crippen molar-refractivity contribution in [1.29, 1.82) is 0 Å². The molecular formula is C17H21BrClN3O2. The largest absolute Gasteiger partial charge is 0.362 e. The maximum Gasteiger partial charge on any atom is 0.255 e. The van der Waals surface area contributed by atoms with Crippen molar-refractivity contribution >= 4 is 45.0 Å². The molecule has 0 radical (unpaired) electrons. The van der Waals surface area contributed by atoms with Gasteiger partial charge in [0, 0.05) is 42.0 Å². The van der Waals surface area contributed by atoms with Crippen molar-refractivity contribution in [1.82, 2.24) is 10.2 Å². The lowest BCUT2D eigenvalue weighted by Crippen LogP contribution is -2.63. The first-order valence-electron chi connectivity index (χ1n) is 8.02. The van der Waals surface area contributed by atoms with Gasteiger partial charge in [0.25, 0.3) is 5.91 Å². The average Bonchev–Trinajstić information content (AvgIpc) is 2.56. The van der Waals surface area contributed by atoms with E-state index in [1.807, 2.05) is 36.9 Å². The van der Waals surface area contributed by atoms with Crippen LogP contribution in [0.2, 0.25) is 0 Å². The standard InChI is InChI=1S/C17H21BrClN3O2/c1-16(2,10-19)15(24)22-7-5-17(6-8-22)20-13-4-3-11(18)9-12(13)14(23)21-17/h3-4,9,20H,5-8,10H2,1-2H3,(H,21,23). The van der Waals surface area contributed by atoms with Crippen LogP contribution in [0.1, 0.15) is 37.0 Å². The molecule has 1 saturated heterocycles. The smallest absolute Gasteiger partial charge is 0.255 e. The molecule has 0 saturated carbocycles. The number of anilines is 1. The first-order chi connectivity index (χ1) is 11.3. The summed E-state index contributed by atoms with van der Waals surface area (Å²) in [5.74, 6) is 0.287. The van der Waals surface area contributed by atoms with Gasteiger partial charge in [0.2, 0.25) is 5.91 Å². The molecule has 1 spiro atoms. The van der Waals surface area contributed by atoms with Crippen LogP contribution in [0.25, 0.3) is 0 Å². The molecule has 24 heavy (non-hydrogen) atoms. The summed E-state index contributed by atoms with van der Waals surface area (Å²) in [6.07, 6.45) is 1.33. The van der Waals surface area contributed by atoms with Gasteiger partial charge in [0.1, 0.15) is 5.66 Å². The summed E-state index contributed by atoms with van der Waals surface area (Å²) in [7, 11) is 0. The highest BCUT2D eigenvalue weighted by Gasteiger charge is 2.42. The van der Waals surface area contributed by atoms with Gasteiger partial charge in [0.15, 0.2) is 0 Å². The van der Waals surface area contributed by atoms with Gasteiger partial charge < -0.3 is 15.5 Å². The Morgan fingerprint density at radius 2 is 2.00 bits per heavy atom. The summed E-state index contributed by atoms with van der Waals surface area (Å²) < 4.78 is 0.873. The molecule has 1 aromatic carbocycles. The lowest BCUT2D eigenvalue weighted by molar-refractivity contribution is -0.140. The molecule has 2 aliphatic rings. The maximum atomic E-state index is 12.6. The highest BCUT2D eigenvalue weighted by atomic mass is 79.9. The first-order valence-corrected chi connectivity index (χ1v) is 9.35. The molecule has 0 unspecified atom stereocenters. The predicted octanol–water partition coefficient (Wildman–Crippen LogP) is 3.19. The second-order valence-corrected chi connectivity index (χ2v) is 8.34. The van der Waals surface area contributed by atoms with E-state index < -0.39 is 11.1 Å². The van der Waals surface area contributed by atoms with Crippen molar-refractivity contribution < 1.29 is 9.59 Å². The third kappa shape index (κ3) is 3.14. The van der Waals surface area contributed by atoms with E-state index in [0.717, 1.165) is 10.2 Å². The number of likely N-dealkylation sites (tertiary alicyclic amines) is 1. The van der Waals surface area contributed by atoms with Crippen LogP contribution < -0.4 is 10.6 Å². The van der Waals surface area contributed by atoms with Gasteiger partial charge >= 0.3 is 0 Å². The van der Waals surface area contributed by atoms with Crippen LogP contribution in [0.4, 0.5) is 5.69 Å². The number of benzene rings is 1. The quantitative estimate of drug-likeness (QED) is 0.731. The summed E-state index contributed by atoms with van der Waals surface area (Å²) in [6, 6.07) is 5.64. The monoisotopic (exact) mass is 413 g/mol. The second kappa shape index (κ2) is 6.23. The van der Waals surface area contributed by atoms with E-state index in [2.05, 4.69) is 26.6 Å². The summed E-state index contributed by atoms with van der Waals surface area (Å²) in [5.41, 5.74) is 0.424. The Labute approximate surface area is 155 Å². The number of nitrogens with zero attached hydrogens (tertiary/aromatic N) is 1. The molecule has 2 N–H and O–H groups in total. The number of piperidine rings is 1. The highest BCUT2D eigenvalue weighted by molar-refractivity contribution is 9.10. The molecule has 0 aliphatic carbocycles. The van der Waals surface area contributed by atoms with Crippen molar-refractivity contribution in [3.05, 3.63) is 28.2 Å². The lowest BCUT2D eigenvalue weighted by Gasteiger charge is -2.46. The SMILES string of the molecule is CC(C)(CCl)C(=O)N1CCC2(CC1)NC(=O)c1cc(Br)ccc1N2. The average molecular weight is 415 g/mol. The molecule has 2 heterocycles. The number of fused-ring (bicyclic) bond motifs is 1. The van der Waals surface area contributed by atoms with Crippen molar-refractivity contribution in [3.63, 3.8) is 0 Å². The van der Waals surface area contributed by atoms with E-state index in [1.165, 1.54) is 0 Å². The summed E-state index contributed by atoms with van der Waals surface area (Å²) >= 11 is 9.31. The van der Waals surface area contributed by atoms with E-state index in [0.29, 0.717) is 37.4 Å². The minimum Gasteiger partial charge on any atom is -0.362 e. The maximum absolute atomic E-state index is 12.6. The van der Waals surface area contributed by atoms with Gasteiger partial charge in [-0.2, -0.15) is 0 Å². The minimum absolute atomic E-state index is 0.0683. The third-order valence-electron chi connectivity index (χ3n) is 4.77. The van der Waals surface area contributed by atoms with Crippen molar-refractivity contribution in [2.75, 3.05) is 24.3 Å². The van der Waals surface area contributed by atoms with E-state index in [4.69, 9.17) is 11.6 Å². The molecule has 2 aliphatic heterocycles. The van der Waals surface area contributed by atoms with Gasteiger partial charge in [-0.3, -0.25) is 9.59 Å². The highest BCUT2D eigenvalue weighted by Crippen LogP contribution is 2.34. The molecule has 130 valence electrons. The van der Waals surface area contributed by atoms with Crippen LogP contribution in [-0.2, 0) is 4.79 Å². The molecule has 2 amide bonds. The number of hydrogen-bond donors (Lipinski definition) is 2. The molecule has 0 aromatic heterocycles. The fraction of sp³-hybridized carbons (Fsp3) is 0.529. The van der Waals surface area contributed by atoms with Crippen LogP contribution in [0.5, 0.6) is 0 Å². The van der Waals surface area contributed by atoms with Crippen LogP contribution in [0.15, 0.2) is 22.7 Å². The molecular weight excluding hydrogens is 394 g/mol. The Hall–Kier alpha value is -1.27. The van der Waals surface area contributed by atoms with Gasteiger partial charge in [-0.25, -0.2) is 0 Å². The zero-order valence-corrected chi connectivity index (χ0v) is 16.1. The van der Waals surface area contributed by atoms with Crippen LogP contribution in [0.3, 0.4) is 0 Å². The van der Waals surface area contributed by atoms with Crippen molar-refractivity contribution in [2.24, 2.45) is 5.41 Å². The number of alkyl halides is 1. The van der Waals surface area contributed by atoms with Crippen molar-refractivity contribution in [2.45, 2.75) is 32.4 Å². The molecule has 0 atom stereocenters. The second-order valence-electron chi connectivity index (χ2n) is 7.16. The van der Waals surface area contributed by atoms with Gasteiger partial charge in [0.05, 0.1) is 11.0 Å². The molecule has 3 rings (SSSR count). The first kappa shape index (κ1) is 17.5. The van der Waals surface area contributed by atoms with Crippen LogP contribution >= 0.6 is 27.5 Å². The number of hydrogen-bond acceptors (Lipinski definition) is 3. The minimum atomic E-state index is -0.561. The molecule has 0 bridgehead atoms. The normalized spacial score (nSPS) is 19.5. The Balaban J connectivity index is 1.74. The molecule has 1 aromatic rings. The Morgan fingerprint density at radius 3 is 2.62 bits per heavy atom. The number of carbonyl (C=O) groups is 2. The topological polar surface area (TPSA) is 61.4 Å². The fourth-order valence-electron chi connectivity index (χ4n) is 3.21. The Bertz CT molecular complexity index is 684. The molecule has 5 nitrogen and oxygen atoms in total. The zero-order valence-electron chi connectivity index (χ0n) is 13.8. The van der Waals surface area contributed by atoms with Gasteiger partial charge in [-0.05, 0) is 32.0 Å². The number of amides is 2. The zero-order chi connectivity index (χ0) is 17.5. The van der Waals surface area contributed by atoms with Crippen molar-refractivity contribution in [3.8, 4) is 0 Å². The number of carbonyl (C=O) groups excluding carboxylic acids is 2. The molecule has 1 fully saturated rings. The third-order valence-corrected chi connectivity index (χ3v) is 5.93. The summed E-state index contributed by atoms with van der Waals surface area (Å²) in [5, 5.41) is 6.56.